The van der Waals surface area contributed by atoms with E-state index in [1.165, 1.54) is 11.3 Å². The van der Waals surface area contributed by atoms with Crippen molar-refractivity contribution < 1.29 is 9.59 Å². The summed E-state index contributed by atoms with van der Waals surface area (Å²) < 4.78 is 0. The van der Waals surface area contributed by atoms with E-state index in [9.17, 15) is 9.59 Å². The SMILES string of the molecule is CCC(=O)Nc1nc2c(s1)C(=O)CC(C)(C)C2. The molecule has 1 aromatic heterocycles. The second-order valence-electron chi connectivity index (χ2n) is 5.14. The molecule has 0 unspecified atom stereocenters. The van der Waals surface area contributed by atoms with Crippen LogP contribution in [0.25, 0.3) is 0 Å². The van der Waals surface area contributed by atoms with Crippen LogP contribution in [0.15, 0.2) is 0 Å². The first-order valence-corrected chi connectivity index (χ1v) is 6.56. The van der Waals surface area contributed by atoms with Crippen LogP contribution < -0.4 is 5.32 Å². The molecule has 0 saturated carbocycles. The molecule has 1 heterocycles. The van der Waals surface area contributed by atoms with Crippen molar-refractivity contribution in [3.63, 3.8) is 0 Å². The van der Waals surface area contributed by atoms with Crippen LogP contribution in [0.1, 0.15) is 49.0 Å². The maximum absolute atomic E-state index is 11.9. The van der Waals surface area contributed by atoms with Crippen LogP contribution in [0.2, 0.25) is 0 Å². The molecule has 1 N–H and O–H groups in total. The number of anilines is 1. The highest BCUT2D eigenvalue weighted by molar-refractivity contribution is 7.17. The van der Waals surface area contributed by atoms with Gasteiger partial charge in [0.2, 0.25) is 5.91 Å². The Morgan fingerprint density at radius 2 is 2.18 bits per heavy atom. The van der Waals surface area contributed by atoms with Gasteiger partial charge in [-0.25, -0.2) is 4.98 Å². The van der Waals surface area contributed by atoms with Crippen LogP contribution >= 0.6 is 11.3 Å². The molecule has 0 bridgehead atoms. The van der Waals surface area contributed by atoms with Gasteiger partial charge in [0.1, 0.15) is 0 Å². The van der Waals surface area contributed by atoms with Gasteiger partial charge in [0, 0.05) is 12.8 Å². The summed E-state index contributed by atoms with van der Waals surface area (Å²) in [7, 11) is 0. The monoisotopic (exact) mass is 252 g/mol. The number of aromatic nitrogens is 1. The fraction of sp³-hybridized carbons (Fsp3) is 0.583. The lowest BCUT2D eigenvalue weighted by molar-refractivity contribution is -0.115. The molecule has 0 radical (unpaired) electrons. The van der Waals surface area contributed by atoms with Gasteiger partial charge >= 0.3 is 0 Å². The molecule has 0 atom stereocenters. The fourth-order valence-electron chi connectivity index (χ4n) is 1.98. The highest BCUT2D eigenvalue weighted by Gasteiger charge is 2.33. The summed E-state index contributed by atoms with van der Waals surface area (Å²) in [5, 5.41) is 3.26. The van der Waals surface area contributed by atoms with E-state index in [0.29, 0.717) is 18.0 Å². The number of ketones is 1. The summed E-state index contributed by atoms with van der Waals surface area (Å²) in [6.07, 6.45) is 1.78. The van der Waals surface area contributed by atoms with Crippen molar-refractivity contribution in [2.45, 2.75) is 40.0 Å². The number of hydrogen-bond donors (Lipinski definition) is 1. The lowest BCUT2D eigenvalue weighted by atomic mass is 9.78. The first kappa shape index (κ1) is 12.2. The van der Waals surface area contributed by atoms with Gasteiger partial charge < -0.3 is 5.32 Å². The van der Waals surface area contributed by atoms with Crippen molar-refractivity contribution >= 4 is 28.2 Å². The highest BCUT2D eigenvalue weighted by atomic mass is 32.1. The summed E-state index contributed by atoms with van der Waals surface area (Å²) in [5.74, 6) is 0.0774. The van der Waals surface area contributed by atoms with E-state index >= 15 is 0 Å². The van der Waals surface area contributed by atoms with Crippen molar-refractivity contribution in [1.82, 2.24) is 4.98 Å². The summed E-state index contributed by atoms with van der Waals surface area (Å²) in [6, 6.07) is 0. The number of rotatable bonds is 2. The molecular weight excluding hydrogens is 236 g/mol. The number of thiazole rings is 1. The number of carbonyl (C=O) groups is 2. The molecule has 0 saturated heterocycles. The molecule has 92 valence electrons. The average Bonchev–Trinajstić information content (AvgIpc) is 2.58. The van der Waals surface area contributed by atoms with Gasteiger partial charge in [0.25, 0.3) is 0 Å². The van der Waals surface area contributed by atoms with Crippen molar-refractivity contribution in [2.75, 3.05) is 5.32 Å². The number of nitrogens with zero attached hydrogens (tertiary/aromatic N) is 1. The van der Waals surface area contributed by atoms with E-state index in [1.54, 1.807) is 6.92 Å². The molecule has 1 aromatic rings. The Kier molecular flexibility index (Phi) is 3.03. The maximum Gasteiger partial charge on any atom is 0.225 e. The predicted molar refractivity (Wildman–Crippen MR) is 67.5 cm³/mol. The van der Waals surface area contributed by atoms with Gasteiger partial charge in [-0.3, -0.25) is 9.59 Å². The van der Waals surface area contributed by atoms with Gasteiger partial charge in [-0.2, -0.15) is 0 Å². The van der Waals surface area contributed by atoms with E-state index in [-0.39, 0.29) is 17.1 Å². The van der Waals surface area contributed by atoms with Crippen LogP contribution in [0.4, 0.5) is 5.13 Å². The number of nitrogens with one attached hydrogen (secondary N) is 1. The molecule has 0 aromatic carbocycles. The molecule has 1 amide bonds. The van der Waals surface area contributed by atoms with Crippen LogP contribution in [0.5, 0.6) is 0 Å². The Morgan fingerprint density at radius 3 is 2.82 bits per heavy atom. The van der Waals surface area contributed by atoms with Gasteiger partial charge in [0.05, 0.1) is 10.6 Å². The Hall–Kier alpha value is -1.23. The molecular formula is C12H16N2O2S. The molecule has 5 heteroatoms. The normalized spacial score (nSPS) is 17.7. The molecule has 4 nitrogen and oxygen atoms in total. The molecule has 0 fully saturated rings. The summed E-state index contributed by atoms with van der Waals surface area (Å²) in [4.78, 5) is 28.3. The second-order valence-corrected chi connectivity index (χ2v) is 6.14. The zero-order valence-corrected chi connectivity index (χ0v) is 11.1. The van der Waals surface area contributed by atoms with E-state index in [2.05, 4.69) is 24.1 Å². The fourth-order valence-corrected chi connectivity index (χ4v) is 2.92. The molecule has 2 rings (SSSR count). The standard InChI is InChI=1S/C12H16N2O2S/c1-4-9(16)14-11-13-7-5-12(2,3)6-8(15)10(7)17-11/h4-6H2,1-3H3,(H,13,14,16). The number of Topliss-reactive ketones (excluding diaryl/α,β-unsaturated/α-hetero) is 1. The van der Waals surface area contributed by atoms with E-state index < -0.39 is 0 Å². The van der Waals surface area contributed by atoms with Crippen LogP contribution in [-0.4, -0.2) is 16.7 Å². The highest BCUT2D eigenvalue weighted by Crippen LogP contribution is 2.38. The minimum absolute atomic E-state index is 0.0236. The third kappa shape index (κ3) is 2.54. The number of fused-ring (bicyclic) bond motifs is 1. The van der Waals surface area contributed by atoms with Crippen LogP contribution in [0, 0.1) is 5.41 Å². The first-order valence-electron chi connectivity index (χ1n) is 5.74. The molecule has 1 aliphatic rings. The maximum atomic E-state index is 11.9. The average molecular weight is 252 g/mol. The predicted octanol–water partition coefficient (Wildman–Crippen LogP) is 2.65. The van der Waals surface area contributed by atoms with Gasteiger partial charge in [-0.05, 0) is 11.8 Å². The minimum atomic E-state index is -0.0668. The van der Waals surface area contributed by atoms with E-state index in [4.69, 9.17) is 0 Å². The Morgan fingerprint density at radius 1 is 1.47 bits per heavy atom. The minimum Gasteiger partial charge on any atom is -0.302 e. The van der Waals surface area contributed by atoms with Crippen molar-refractivity contribution in [3.05, 3.63) is 10.6 Å². The van der Waals surface area contributed by atoms with Crippen molar-refractivity contribution in [3.8, 4) is 0 Å². The quantitative estimate of drug-likeness (QED) is 0.880. The largest absolute Gasteiger partial charge is 0.302 e. The lowest BCUT2D eigenvalue weighted by Crippen LogP contribution is -2.26. The zero-order chi connectivity index (χ0) is 12.6. The van der Waals surface area contributed by atoms with Crippen LogP contribution in [0.3, 0.4) is 0 Å². The summed E-state index contributed by atoms with van der Waals surface area (Å²) >= 11 is 1.30. The van der Waals surface area contributed by atoms with Crippen molar-refractivity contribution in [2.24, 2.45) is 5.41 Å². The topological polar surface area (TPSA) is 59.1 Å². The summed E-state index contributed by atoms with van der Waals surface area (Å²) in [6.45, 7) is 5.92. The second kappa shape index (κ2) is 4.22. The first-order chi connectivity index (χ1) is 7.91. The molecule has 17 heavy (non-hydrogen) atoms. The Bertz CT molecular complexity index is 477. The third-order valence-electron chi connectivity index (χ3n) is 2.80. The van der Waals surface area contributed by atoms with Crippen molar-refractivity contribution in [1.29, 1.82) is 0 Å². The molecule has 1 aliphatic carbocycles. The molecule has 0 aliphatic heterocycles. The molecule has 0 spiro atoms. The summed E-state index contributed by atoms with van der Waals surface area (Å²) in [5.41, 5.74) is 0.812. The number of hydrogen-bond acceptors (Lipinski definition) is 4. The Labute approximate surface area is 104 Å². The van der Waals surface area contributed by atoms with Gasteiger partial charge in [-0.15, -0.1) is 0 Å². The Balaban J connectivity index is 2.27. The third-order valence-corrected chi connectivity index (χ3v) is 3.86. The van der Waals surface area contributed by atoms with E-state index in [0.717, 1.165) is 17.0 Å². The number of amides is 1. The van der Waals surface area contributed by atoms with E-state index in [1.807, 2.05) is 0 Å². The smallest absolute Gasteiger partial charge is 0.225 e. The lowest BCUT2D eigenvalue weighted by Gasteiger charge is -2.26. The van der Waals surface area contributed by atoms with Crippen LogP contribution in [-0.2, 0) is 11.2 Å². The van der Waals surface area contributed by atoms with Gasteiger partial charge in [0.15, 0.2) is 10.9 Å². The zero-order valence-electron chi connectivity index (χ0n) is 10.3. The number of carbonyl (C=O) groups excluding carboxylic acids is 2. The van der Waals surface area contributed by atoms with Gasteiger partial charge in [-0.1, -0.05) is 32.1 Å².